The van der Waals surface area contributed by atoms with Crippen LogP contribution in [-0.2, 0) is 27.9 Å². The third kappa shape index (κ3) is 7.61. The van der Waals surface area contributed by atoms with Crippen LogP contribution >= 0.6 is 34.3 Å². The van der Waals surface area contributed by atoms with Gasteiger partial charge < -0.3 is 5.32 Å². The molecule has 0 spiro atoms. The van der Waals surface area contributed by atoms with Gasteiger partial charge in [0.1, 0.15) is 5.01 Å². The molecule has 4 rings (SSSR count). The molecule has 3 N–H and O–H groups in total. The molecule has 11 heteroatoms. The van der Waals surface area contributed by atoms with Gasteiger partial charge >= 0.3 is 10.3 Å². The first kappa shape index (κ1) is 25.3. The van der Waals surface area contributed by atoms with Crippen molar-refractivity contribution in [1.82, 2.24) is 10.3 Å². The van der Waals surface area contributed by atoms with Gasteiger partial charge in [-0.25, -0.2) is 4.98 Å². The van der Waals surface area contributed by atoms with E-state index in [-0.39, 0.29) is 17.6 Å². The monoisotopic (exact) mass is 547 g/mol. The summed E-state index contributed by atoms with van der Waals surface area (Å²) in [6.07, 6.45) is 1.33. The van der Waals surface area contributed by atoms with Gasteiger partial charge in [0, 0.05) is 16.8 Å². The van der Waals surface area contributed by atoms with E-state index in [1.807, 2.05) is 45.8 Å². The molecule has 7 nitrogen and oxygen atoms in total. The van der Waals surface area contributed by atoms with Crippen LogP contribution in [0.25, 0.3) is 10.6 Å². The van der Waals surface area contributed by atoms with E-state index in [1.165, 1.54) is 11.3 Å². The van der Waals surface area contributed by atoms with Gasteiger partial charge in [0.15, 0.2) is 0 Å². The van der Waals surface area contributed by atoms with Gasteiger partial charge in [0.05, 0.1) is 22.3 Å². The van der Waals surface area contributed by atoms with Crippen molar-refractivity contribution >= 4 is 56.2 Å². The van der Waals surface area contributed by atoms with Gasteiger partial charge in [-0.05, 0) is 59.7 Å². The number of benzene rings is 2. The molecule has 0 aliphatic carbocycles. The number of hydrogen-bond donors (Lipinski definition) is 3. The molecular weight excluding hydrogens is 526 g/mol. The van der Waals surface area contributed by atoms with Gasteiger partial charge in [-0.15, -0.1) is 22.7 Å². The van der Waals surface area contributed by atoms with Crippen molar-refractivity contribution in [2.45, 2.75) is 25.3 Å². The van der Waals surface area contributed by atoms with Crippen LogP contribution in [0, 0.1) is 0 Å². The topological polar surface area (TPSA) is 108 Å². The summed E-state index contributed by atoms with van der Waals surface area (Å²) in [7, 11) is -4.35. The summed E-state index contributed by atoms with van der Waals surface area (Å²) in [6, 6.07) is 17.7. The molecule has 0 saturated heterocycles. The second-order valence-electron chi connectivity index (χ2n) is 7.78. The number of nitrogens with zero attached hydrogens (tertiary/aromatic N) is 1. The maximum Gasteiger partial charge on any atom is 0.357 e. The largest absolute Gasteiger partial charge is 0.357 e. The van der Waals surface area contributed by atoms with Crippen LogP contribution in [0.15, 0.2) is 71.4 Å². The van der Waals surface area contributed by atoms with Crippen LogP contribution in [-0.4, -0.2) is 23.9 Å². The van der Waals surface area contributed by atoms with Crippen molar-refractivity contribution in [3.05, 3.63) is 92.6 Å². The molecule has 0 bridgehead atoms. The number of thiazole rings is 1. The smallest absolute Gasteiger partial charge is 0.347 e. The summed E-state index contributed by atoms with van der Waals surface area (Å²) in [5, 5.41) is 8.49. The van der Waals surface area contributed by atoms with E-state index >= 15 is 0 Å². The van der Waals surface area contributed by atoms with E-state index in [2.05, 4.69) is 5.32 Å². The zero-order chi connectivity index (χ0) is 24.8. The molecule has 1 atom stereocenters. The Labute approximate surface area is 216 Å². The van der Waals surface area contributed by atoms with Crippen LogP contribution in [0.2, 0.25) is 5.02 Å². The Hall–Kier alpha value is -2.76. The average molecular weight is 548 g/mol. The molecule has 35 heavy (non-hydrogen) atoms. The zero-order valence-corrected chi connectivity index (χ0v) is 21.6. The summed E-state index contributed by atoms with van der Waals surface area (Å²) >= 11 is 9.13. The Balaban J connectivity index is 1.49. The lowest BCUT2D eigenvalue weighted by Crippen LogP contribution is -2.30. The number of rotatable bonds is 10. The summed E-state index contributed by atoms with van der Waals surface area (Å²) in [5.74, 6) is -0.104. The Bertz CT molecular complexity index is 1390. The standard InChI is InChI=1S/C24H22ClN3O4S3/c25-18-4-1-3-16(13-18)8-11-23(29)26-20(24-27-21(15-34-24)22-5-2-12-33-22)14-17-6-9-19(10-7-17)28-35(30,31)32/h1-7,9-10,12-13,15,20,28H,8,11,14H2,(H,26,29)(H,30,31,32)/t20-/m0/s1. The average Bonchev–Trinajstić information content (AvgIpc) is 3.50. The molecule has 0 saturated carbocycles. The lowest BCUT2D eigenvalue weighted by Gasteiger charge is -2.17. The molecule has 2 aromatic heterocycles. The predicted molar refractivity (Wildman–Crippen MR) is 141 cm³/mol. The highest BCUT2D eigenvalue weighted by molar-refractivity contribution is 7.87. The van der Waals surface area contributed by atoms with Crippen molar-refractivity contribution in [2.75, 3.05) is 4.72 Å². The van der Waals surface area contributed by atoms with Gasteiger partial charge in [0.2, 0.25) is 5.91 Å². The molecule has 0 unspecified atom stereocenters. The molecule has 1 amide bonds. The van der Waals surface area contributed by atoms with Crippen molar-refractivity contribution in [2.24, 2.45) is 0 Å². The van der Waals surface area contributed by atoms with E-state index in [9.17, 15) is 13.2 Å². The zero-order valence-electron chi connectivity index (χ0n) is 18.3. The molecule has 4 aromatic rings. The van der Waals surface area contributed by atoms with Gasteiger partial charge in [0.25, 0.3) is 0 Å². The summed E-state index contributed by atoms with van der Waals surface area (Å²) in [5.41, 5.74) is 2.97. The van der Waals surface area contributed by atoms with Crippen LogP contribution in [0.5, 0.6) is 0 Å². The normalized spacial score (nSPS) is 12.3. The highest BCUT2D eigenvalue weighted by Crippen LogP contribution is 2.30. The highest BCUT2D eigenvalue weighted by Gasteiger charge is 2.20. The summed E-state index contributed by atoms with van der Waals surface area (Å²) in [6.45, 7) is 0. The quantitative estimate of drug-likeness (QED) is 0.218. The molecule has 2 aromatic carbocycles. The molecule has 182 valence electrons. The van der Waals surface area contributed by atoms with Crippen molar-refractivity contribution < 1.29 is 17.8 Å². The number of anilines is 1. The molecule has 2 heterocycles. The number of halogens is 1. The number of nitrogens with one attached hydrogen (secondary N) is 2. The third-order valence-corrected chi connectivity index (χ3v) is 7.68. The van der Waals surface area contributed by atoms with Crippen LogP contribution in [0.3, 0.4) is 0 Å². The van der Waals surface area contributed by atoms with E-state index in [4.69, 9.17) is 21.1 Å². The first-order valence-electron chi connectivity index (χ1n) is 10.6. The summed E-state index contributed by atoms with van der Waals surface area (Å²) in [4.78, 5) is 18.7. The lowest BCUT2D eigenvalue weighted by atomic mass is 10.0. The lowest BCUT2D eigenvalue weighted by molar-refractivity contribution is -0.121. The number of carbonyl (C=O) groups excluding carboxylic acids is 1. The van der Waals surface area contributed by atoms with E-state index in [0.29, 0.717) is 24.3 Å². The van der Waals surface area contributed by atoms with Gasteiger partial charge in [-0.3, -0.25) is 14.1 Å². The highest BCUT2D eigenvalue weighted by atomic mass is 35.5. The number of aryl methyl sites for hydroxylation is 1. The molecule has 0 aliphatic heterocycles. The number of amides is 1. The number of thiophene rings is 1. The van der Waals surface area contributed by atoms with E-state index in [1.54, 1.807) is 41.7 Å². The maximum atomic E-state index is 12.9. The van der Waals surface area contributed by atoms with Crippen molar-refractivity contribution in [3.8, 4) is 10.6 Å². The SMILES string of the molecule is O=C(CCc1cccc(Cl)c1)N[C@@H](Cc1ccc(NS(=O)(=O)O)cc1)c1nc(-c2cccs2)cs1. The Morgan fingerprint density at radius 1 is 1.06 bits per heavy atom. The minimum absolute atomic E-state index is 0.104. The molecule has 0 fully saturated rings. The Morgan fingerprint density at radius 3 is 2.54 bits per heavy atom. The number of aromatic nitrogens is 1. The van der Waals surface area contributed by atoms with Gasteiger partial charge in [-0.1, -0.05) is 41.9 Å². The van der Waals surface area contributed by atoms with Crippen LogP contribution in [0.1, 0.15) is 28.6 Å². The second-order valence-corrected chi connectivity index (χ2v) is 11.2. The first-order valence-corrected chi connectivity index (χ1v) is 14.2. The second kappa shape index (κ2) is 11.3. The Morgan fingerprint density at radius 2 is 1.86 bits per heavy atom. The predicted octanol–water partition coefficient (Wildman–Crippen LogP) is 5.77. The molecule has 0 radical (unpaired) electrons. The minimum Gasteiger partial charge on any atom is -0.347 e. The minimum atomic E-state index is -4.35. The van der Waals surface area contributed by atoms with Crippen LogP contribution < -0.4 is 10.0 Å². The summed E-state index contributed by atoms with van der Waals surface area (Å²) < 4.78 is 33.1. The fourth-order valence-electron chi connectivity index (χ4n) is 3.50. The Kier molecular flexibility index (Phi) is 8.19. The van der Waals surface area contributed by atoms with Crippen molar-refractivity contribution in [3.63, 3.8) is 0 Å². The molecule has 0 aliphatic rings. The maximum absolute atomic E-state index is 12.9. The fourth-order valence-corrected chi connectivity index (χ4v) is 5.77. The molecular formula is C24H22ClN3O4S3. The van der Waals surface area contributed by atoms with E-state index < -0.39 is 10.3 Å². The van der Waals surface area contributed by atoms with Crippen molar-refractivity contribution in [1.29, 1.82) is 0 Å². The van der Waals surface area contributed by atoms with E-state index in [0.717, 1.165) is 26.7 Å². The number of hydrogen-bond acceptors (Lipinski definition) is 6. The first-order chi connectivity index (χ1) is 16.7. The fraction of sp³-hybridized carbons (Fsp3) is 0.167. The van der Waals surface area contributed by atoms with Crippen LogP contribution in [0.4, 0.5) is 5.69 Å². The number of carbonyl (C=O) groups is 1. The van der Waals surface area contributed by atoms with Gasteiger partial charge in [-0.2, -0.15) is 8.42 Å². The third-order valence-electron chi connectivity index (χ3n) is 5.10.